The second-order valence-corrected chi connectivity index (χ2v) is 9.37. The van der Waals surface area contributed by atoms with Crippen molar-refractivity contribution in [1.29, 1.82) is 0 Å². The second-order valence-electron chi connectivity index (χ2n) is 7.44. The highest BCUT2D eigenvalue weighted by atomic mass is 32.2. The van der Waals surface area contributed by atoms with E-state index in [-0.39, 0.29) is 16.7 Å². The molecule has 0 radical (unpaired) electrons. The zero-order valence-electron chi connectivity index (χ0n) is 16.2. The van der Waals surface area contributed by atoms with Crippen LogP contribution in [0.5, 0.6) is 0 Å². The van der Waals surface area contributed by atoms with Gasteiger partial charge in [0.25, 0.3) is 5.91 Å². The van der Waals surface area contributed by atoms with Crippen molar-refractivity contribution in [3.05, 3.63) is 29.8 Å². The van der Waals surface area contributed by atoms with Crippen molar-refractivity contribution in [2.45, 2.75) is 49.8 Å². The predicted molar refractivity (Wildman–Crippen MR) is 106 cm³/mol. The van der Waals surface area contributed by atoms with Crippen LogP contribution in [-0.2, 0) is 14.8 Å². The van der Waals surface area contributed by atoms with E-state index in [1.54, 1.807) is 12.1 Å². The third kappa shape index (κ3) is 5.11. The van der Waals surface area contributed by atoms with Crippen molar-refractivity contribution in [1.82, 2.24) is 14.5 Å². The van der Waals surface area contributed by atoms with Gasteiger partial charge in [-0.3, -0.25) is 9.59 Å². The van der Waals surface area contributed by atoms with E-state index in [0.29, 0.717) is 44.6 Å². The summed E-state index contributed by atoms with van der Waals surface area (Å²) in [5, 5.41) is 2.85. The van der Waals surface area contributed by atoms with Gasteiger partial charge in [-0.25, -0.2) is 8.42 Å². The average molecular weight is 408 g/mol. The molecule has 1 aromatic carbocycles. The van der Waals surface area contributed by atoms with E-state index in [1.165, 1.54) is 16.4 Å². The zero-order chi connectivity index (χ0) is 20.0. The van der Waals surface area contributed by atoms with Gasteiger partial charge in [-0.1, -0.05) is 6.42 Å². The fourth-order valence-corrected chi connectivity index (χ4v) is 5.22. The van der Waals surface area contributed by atoms with Crippen LogP contribution in [0.1, 0.15) is 55.3 Å². The maximum absolute atomic E-state index is 12.5. The number of hydrogen-bond donors (Lipinski definition) is 1. The van der Waals surface area contributed by atoms with Gasteiger partial charge in [-0.05, 0) is 56.4 Å². The molecule has 0 unspecified atom stereocenters. The van der Waals surface area contributed by atoms with E-state index >= 15 is 0 Å². The Balaban J connectivity index is 1.47. The molecule has 2 amide bonds. The SMILES string of the molecule is O=C(NCCCN1CCCCCC1=O)c1ccc(S(=O)(=O)N2CCCC2)cc1. The van der Waals surface area contributed by atoms with Gasteiger partial charge in [-0.15, -0.1) is 0 Å². The van der Waals surface area contributed by atoms with Gasteiger partial charge < -0.3 is 10.2 Å². The summed E-state index contributed by atoms with van der Waals surface area (Å²) in [6, 6.07) is 6.10. The summed E-state index contributed by atoms with van der Waals surface area (Å²) in [5.41, 5.74) is 0.436. The van der Waals surface area contributed by atoms with Crippen LogP contribution in [0.3, 0.4) is 0 Å². The summed E-state index contributed by atoms with van der Waals surface area (Å²) >= 11 is 0. The summed E-state index contributed by atoms with van der Waals surface area (Å²) in [6.07, 6.45) is 6.23. The first-order chi connectivity index (χ1) is 13.5. The minimum Gasteiger partial charge on any atom is -0.352 e. The fraction of sp³-hybridized carbons (Fsp3) is 0.600. The van der Waals surface area contributed by atoms with Gasteiger partial charge in [0, 0.05) is 44.7 Å². The molecule has 2 saturated heterocycles. The molecule has 7 nitrogen and oxygen atoms in total. The Bertz CT molecular complexity index is 786. The highest BCUT2D eigenvalue weighted by molar-refractivity contribution is 7.89. The summed E-state index contributed by atoms with van der Waals surface area (Å²) in [5.74, 6) is -0.0223. The summed E-state index contributed by atoms with van der Waals surface area (Å²) < 4.78 is 26.5. The fourth-order valence-electron chi connectivity index (χ4n) is 3.70. The number of benzene rings is 1. The van der Waals surface area contributed by atoms with Crippen LogP contribution in [0.2, 0.25) is 0 Å². The average Bonchev–Trinajstić information content (AvgIpc) is 3.17. The van der Waals surface area contributed by atoms with Gasteiger partial charge in [0.1, 0.15) is 0 Å². The van der Waals surface area contributed by atoms with Crippen LogP contribution in [0, 0.1) is 0 Å². The lowest BCUT2D eigenvalue weighted by Gasteiger charge is -2.20. The Morgan fingerprint density at radius 1 is 0.964 bits per heavy atom. The van der Waals surface area contributed by atoms with Gasteiger partial charge >= 0.3 is 0 Å². The van der Waals surface area contributed by atoms with Crippen LogP contribution in [-0.4, -0.2) is 62.2 Å². The van der Waals surface area contributed by atoms with Gasteiger partial charge in [0.2, 0.25) is 15.9 Å². The highest BCUT2D eigenvalue weighted by Gasteiger charge is 2.27. The number of likely N-dealkylation sites (tertiary alicyclic amines) is 1. The maximum Gasteiger partial charge on any atom is 0.251 e. The molecule has 0 atom stereocenters. The number of rotatable bonds is 7. The predicted octanol–water partition coefficient (Wildman–Crippen LogP) is 1.99. The molecule has 8 heteroatoms. The Kier molecular flexibility index (Phi) is 7.07. The molecule has 1 aromatic rings. The number of carbonyl (C=O) groups excluding carboxylic acids is 2. The van der Waals surface area contributed by atoms with E-state index in [0.717, 1.165) is 38.6 Å². The largest absolute Gasteiger partial charge is 0.352 e. The third-order valence-electron chi connectivity index (χ3n) is 5.38. The molecule has 0 saturated carbocycles. The first-order valence-corrected chi connectivity index (χ1v) is 11.6. The van der Waals surface area contributed by atoms with E-state index in [4.69, 9.17) is 0 Å². The number of amides is 2. The minimum atomic E-state index is -3.46. The maximum atomic E-state index is 12.5. The van der Waals surface area contributed by atoms with Crippen molar-refractivity contribution in [3.63, 3.8) is 0 Å². The summed E-state index contributed by atoms with van der Waals surface area (Å²) in [4.78, 5) is 26.4. The monoisotopic (exact) mass is 407 g/mol. The molecule has 0 aliphatic carbocycles. The lowest BCUT2D eigenvalue weighted by Crippen LogP contribution is -2.34. The number of carbonyl (C=O) groups is 2. The van der Waals surface area contributed by atoms with Crippen LogP contribution in [0.15, 0.2) is 29.2 Å². The molecule has 2 aliphatic rings. The first-order valence-electron chi connectivity index (χ1n) is 10.1. The topological polar surface area (TPSA) is 86.8 Å². The third-order valence-corrected chi connectivity index (χ3v) is 7.29. The van der Waals surface area contributed by atoms with Crippen molar-refractivity contribution in [2.75, 3.05) is 32.7 Å². The number of nitrogens with one attached hydrogen (secondary N) is 1. The summed E-state index contributed by atoms with van der Waals surface area (Å²) in [6.45, 7) is 3.07. The molecule has 3 rings (SSSR count). The van der Waals surface area contributed by atoms with E-state index in [1.807, 2.05) is 4.90 Å². The van der Waals surface area contributed by atoms with Gasteiger partial charge in [-0.2, -0.15) is 4.31 Å². The van der Waals surface area contributed by atoms with Crippen LogP contribution in [0.4, 0.5) is 0 Å². The lowest BCUT2D eigenvalue weighted by molar-refractivity contribution is -0.130. The number of nitrogens with zero attached hydrogens (tertiary/aromatic N) is 2. The van der Waals surface area contributed by atoms with E-state index in [9.17, 15) is 18.0 Å². The van der Waals surface area contributed by atoms with Gasteiger partial charge in [0.15, 0.2) is 0 Å². The Morgan fingerprint density at radius 3 is 2.36 bits per heavy atom. The molecule has 154 valence electrons. The molecule has 2 heterocycles. The Hall–Kier alpha value is -1.93. The van der Waals surface area contributed by atoms with Crippen molar-refractivity contribution in [2.24, 2.45) is 0 Å². The molecule has 0 bridgehead atoms. The van der Waals surface area contributed by atoms with Crippen molar-refractivity contribution in [3.8, 4) is 0 Å². The van der Waals surface area contributed by atoms with Crippen molar-refractivity contribution >= 4 is 21.8 Å². The quantitative estimate of drug-likeness (QED) is 0.701. The molecule has 0 spiro atoms. The van der Waals surface area contributed by atoms with Crippen molar-refractivity contribution < 1.29 is 18.0 Å². The Labute approximate surface area is 167 Å². The summed E-state index contributed by atoms with van der Waals surface area (Å²) in [7, 11) is -3.46. The Morgan fingerprint density at radius 2 is 1.64 bits per heavy atom. The lowest BCUT2D eigenvalue weighted by atomic mass is 10.2. The number of sulfonamides is 1. The molecule has 2 fully saturated rings. The second kappa shape index (κ2) is 9.52. The smallest absolute Gasteiger partial charge is 0.251 e. The molecule has 2 aliphatic heterocycles. The molecular weight excluding hydrogens is 378 g/mol. The molecule has 28 heavy (non-hydrogen) atoms. The van der Waals surface area contributed by atoms with Crippen LogP contribution < -0.4 is 5.32 Å². The van der Waals surface area contributed by atoms with Crippen LogP contribution in [0.25, 0.3) is 0 Å². The molecule has 1 N–H and O–H groups in total. The van der Waals surface area contributed by atoms with Gasteiger partial charge in [0.05, 0.1) is 4.90 Å². The van der Waals surface area contributed by atoms with E-state index < -0.39 is 10.0 Å². The standard InChI is InChI=1S/C20H29N3O4S/c24-19-7-2-1-3-13-22(19)14-6-12-21-20(25)17-8-10-18(11-9-17)28(26,27)23-15-4-5-16-23/h8-11H,1-7,12-16H2,(H,21,25). The first kappa shape index (κ1) is 20.8. The molecule has 0 aromatic heterocycles. The normalized spacial score (nSPS) is 18.9. The molecular formula is C20H29N3O4S. The number of hydrogen-bond acceptors (Lipinski definition) is 4. The highest BCUT2D eigenvalue weighted by Crippen LogP contribution is 2.21. The van der Waals surface area contributed by atoms with Crippen LogP contribution >= 0.6 is 0 Å². The van der Waals surface area contributed by atoms with E-state index in [2.05, 4.69) is 5.32 Å². The zero-order valence-corrected chi connectivity index (χ0v) is 17.0. The minimum absolute atomic E-state index is 0.207.